The van der Waals surface area contributed by atoms with Crippen molar-refractivity contribution in [3.05, 3.63) is 0 Å². The van der Waals surface area contributed by atoms with E-state index in [2.05, 4.69) is 19.0 Å². The second-order valence-electron chi connectivity index (χ2n) is 3.22. The monoisotopic (exact) mass is 216 g/mol. The molecular formula is C7H18Cl2N2O. The molecule has 76 valence electrons. The summed E-state index contributed by atoms with van der Waals surface area (Å²) in [6, 6.07) is 0.252. The summed E-state index contributed by atoms with van der Waals surface area (Å²) < 4.78 is 5.22. The van der Waals surface area contributed by atoms with Gasteiger partial charge in [0.2, 0.25) is 0 Å². The van der Waals surface area contributed by atoms with Crippen LogP contribution in [0.15, 0.2) is 0 Å². The van der Waals surface area contributed by atoms with Gasteiger partial charge in [0.1, 0.15) is 0 Å². The van der Waals surface area contributed by atoms with Crippen LogP contribution in [0.4, 0.5) is 0 Å². The molecule has 0 aromatic rings. The largest absolute Gasteiger partial charge is 0.379 e. The standard InChI is InChI=1S/C7H16N2O.2ClH/c1-9(2)3-6-4-10-5-7(6)8;;/h6-7H,3-5,8H2,1-2H3;2*1H/t6-,7-;;/m1../s1. The normalized spacial score (nSPS) is 28.0. The van der Waals surface area contributed by atoms with Gasteiger partial charge in [-0.1, -0.05) is 0 Å². The predicted octanol–water partition coefficient (Wildman–Crippen LogP) is 0.365. The van der Waals surface area contributed by atoms with Gasteiger partial charge in [0, 0.05) is 18.5 Å². The molecule has 2 atom stereocenters. The average molecular weight is 217 g/mol. The van der Waals surface area contributed by atoms with E-state index in [9.17, 15) is 0 Å². The molecule has 1 fully saturated rings. The molecule has 3 nitrogen and oxygen atoms in total. The molecule has 0 bridgehead atoms. The van der Waals surface area contributed by atoms with Gasteiger partial charge < -0.3 is 15.4 Å². The highest BCUT2D eigenvalue weighted by Crippen LogP contribution is 2.11. The van der Waals surface area contributed by atoms with Crippen LogP contribution in [0.25, 0.3) is 0 Å². The summed E-state index contributed by atoms with van der Waals surface area (Å²) in [5, 5.41) is 0. The van der Waals surface area contributed by atoms with Crippen molar-refractivity contribution in [1.29, 1.82) is 0 Å². The van der Waals surface area contributed by atoms with Gasteiger partial charge in [-0.2, -0.15) is 0 Å². The van der Waals surface area contributed by atoms with Gasteiger partial charge in [-0.05, 0) is 14.1 Å². The second-order valence-corrected chi connectivity index (χ2v) is 3.22. The van der Waals surface area contributed by atoms with Crippen LogP contribution in [0, 0.1) is 5.92 Å². The summed E-state index contributed by atoms with van der Waals surface area (Å²) in [7, 11) is 4.12. The Morgan fingerprint density at radius 1 is 1.33 bits per heavy atom. The van der Waals surface area contributed by atoms with Crippen LogP contribution < -0.4 is 5.73 Å². The van der Waals surface area contributed by atoms with Gasteiger partial charge >= 0.3 is 0 Å². The van der Waals surface area contributed by atoms with Crippen molar-refractivity contribution < 1.29 is 4.74 Å². The number of nitrogens with two attached hydrogens (primary N) is 1. The average Bonchev–Trinajstić information content (AvgIpc) is 2.15. The summed E-state index contributed by atoms with van der Waals surface area (Å²) >= 11 is 0. The first kappa shape index (κ1) is 15.0. The molecule has 0 aliphatic carbocycles. The molecule has 12 heavy (non-hydrogen) atoms. The Bertz CT molecular complexity index is 114. The summed E-state index contributed by atoms with van der Waals surface area (Å²) in [6.07, 6.45) is 0. The number of nitrogens with zero attached hydrogens (tertiary/aromatic N) is 1. The molecule has 1 aliphatic rings. The first-order valence-corrected chi connectivity index (χ1v) is 3.68. The zero-order valence-corrected chi connectivity index (χ0v) is 9.16. The summed E-state index contributed by atoms with van der Waals surface area (Å²) in [6.45, 7) is 2.61. The Morgan fingerprint density at radius 2 is 1.92 bits per heavy atom. The fourth-order valence-corrected chi connectivity index (χ4v) is 1.27. The molecule has 0 radical (unpaired) electrons. The Morgan fingerprint density at radius 3 is 2.25 bits per heavy atom. The van der Waals surface area contributed by atoms with Gasteiger partial charge in [0.15, 0.2) is 0 Å². The van der Waals surface area contributed by atoms with E-state index in [0.717, 1.165) is 19.8 Å². The quantitative estimate of drug-likeness (QED) is 0.726. The number of rotatable bonds is 2. The third kappa shape index (κ3) is 4.48. The maximum atomic E-state index is 5.78. The van der Waals surface area contributed by atoms with Gasteiger partial charge in [-0.3, -0.25) is 0 Å². The SMILES string of the molecule is CN(C)C[C@@H]1COC[C@H]1N.Cl.Cl. The second kappa shape index (κ2) is 6.92. The molecule has 0 unspecified atom stereocenters. The van der Waals surface area contributed by atoms with Crippen LogP contribution in [-0.4, -0.2) is 44.8 Å². The Labute approximate surface area is 86.4 Å². The summed E-state index contributed by atoms with van der Waals surface area (Å²) in [5.41, 5.74) is 5.78. The number of hydrogen-bond acceptors (Lipinski definition) is 3. The van der Waals surface area contributed by atoms with Crippen LogP contribution in [0.2, 0.25) is 0 Å². The molecule has 1 saturated heterocycles. The van der Waals surface area contributed by atoms with Crippen LogP contribution in [-0.2, 0) is 4.74 Å². The minimum absolute atomic E-state index is 0. The lowest BCUT2D eigenvalue weighted by Gasteiger charge is -2.17. The first-order chi connectivity index (χ1) is 4.70. The van der Waals surface area contributed by atoms with E-state index in [1.54, 1.807) is 0 Å². The molecule has 1 aliphatic heterocycles. The van der Waals surface area contributed by atoms with E-state index in [4.69, 9.17) is 10.5 Å². The van der Waals surface area contributed by atoms with E-state index in [1.165, 1.54) is 0 Å². The lowest BCUT2D eigenvalue weighted by atomic mass is 10.1. The maximum absolute atomic E-state index is 5.78. The Hall–Kier alpha value is 0.460. The third-order valence-electron chi connectivity index (χ3n) is 1.85. The molecule has 2 N–H and O–H groups in total. The van der Waals surface area contributed by atoms with Gasteiger partial charge in [0.25, 0.3) is 0 Å². The van der Waals surface area contributed by atoms with Gasteiger partial charge in [0.05, 0.1) is 13.2 Å². The molecule has 0 amide bonds. The van der Waals surface area contributed by atoms with Crippen LogP contribution in [0.5, 0.6) is 0 Å². The lowest BCUT2D eigenvalue weighted by Crippen LogP contribution is -2.35. The van der Waals surface area contributed by atoms with E-state index in [1.807, 2.05) is 0 Å². The number of ether oxygens (including phenoxy) is 1. The molecule has 0 aromatic heterocycles. The van der Waals surface area contributed by atoms with E-state index >= 15 is 0 Å². The molecule has 1 rings (SSSR count). The topological polar surface area (TPSA) is 38.5 Å². The van der Waals surface area contributed by atoms with Gasteiger partial charge in [-0.25, -0.2) is 0 Å². The minimum atomic E-state index is 0. The van der Waals surface area contributed by atoms with E-state index in [0.29, 0.717) is 5.92 Å². The highest BCUT2D eigenvalue weighted by Gasteiger charge is 2.24. The summed E-state index contributed by atoms with van der Waals surface area (Å²) in [4.78, 5) is 2.15. The highest BCUT2D eigenvalue weighted by atomic mass is 35.5. The van der Waals surface area contributed by atoms with Crippen LogP contribution >= 0.6 is 24.8 Å². The molecule has 1 heterocycles. The highest BCUT2D eigenvalue weighted by molar-refractivity contribution is 5.85. The van der Waals surface area contributed by atoms with Crippen molar-refractivity contribution in [3.63, 3.8) is 0 Å². The van der Waals surface area contributed by atoms with Gasteiger partial charge in [-0.15, -0.1) is 24.8 Å². The van der Waals surface area contributed by atoms with Crippen molar-refractivity contribution >= 4 is 24.8 Å². The van der Waals surface area contributed by atoms with Crippen molar-refractivity contribution in [3.8, 4) is 0 Å². The Balaban J connectivity index is 0. The van der Waals surface area contributed by atoms with Crippen molar-refractivity contribution in [1.82, 2.24) is 4.90 Å². The third-order valence-corrected chi connectivity index (χ3v) is 1.85. The minimum Gasteiger partial charge on any atom is -0.379 e. The van der Waals surface area contributed by atoms with Crippen LogP contribution in [0.3, 0.4) is 0 Å². The fraction of sp³-hybridized carbons (Fsp3) is 1.00. The van der Waals surface area contributed by atoms with Crippen molar-refractivity contribution in [2.45, 2.75) is 6.04 Å². The van der Waals surface area contributed by atoms with Crippen molar-refractivity contribution in [2.24, 2.45) is 11.7 Å². The van der Waals surface area contributed by atoms with E-state index in [-0.39, 0.29) is 30.9 Å². The first-order valence-electron chi connectivity index (χ1n) is 3.68. The molecule has 5 heteroatoms. The Kier molecular flexibility index (Phi) is 8.63. The molecule has 0 aromatic carbocycles. The molecule has 0 saturated carbocycles. The molecule has 0 spiro atoms. The zero-order chi connectivity index (χ0) is 7.56. The fourth-order valence-electron chi connectivity index (χ4n) is 1.27. The van der Waals surface area contributed by atoms with Crippen molar-refractivity contribution in [2.75, 3.05) is 33.9 Å². The van der Waals surface area contributed by atoms with E-state index < -0.39 is 0 Å². The zero-order valence-electron chi connectivity index (χ0n) is 7.53. The molecular weight excluding hydrogens is 199 g/mol. The summed E-state index contributed by atoms with van der Waals surface area (Å²) in [5.74, 6) is 0.537. The number of hydrogen-bond donors (Lipinski definition) is 1. The maximum Gasteiger partial charge on any atom is 0.0621 e. The predicted molar refractivity (Wildman–Crippen MR) is 55.3 cm³/mol. The lowest BCUT2D eigenvalue weighted by molar-refractivity contribution is 0.177. The van der Waals surface area contributed by atoms with Crippen LogP contribution in [0.1, 0.15) is 0 Å². The smallest absolute Gasteiger partial charge is 0.0621 e. The number of halogens is 2.